The van der Waals surface area contributed by atoms with Crippen molar-refractivity contribution in [3.8, 4) is 11.3 Å². The molecule has 0 saturated heterocycles. The minimum Gasteiger partial charge on any atom is -0.457 e. The van der Waals surface area contributed by atoms with E-state index in [1.807, 2.05) is 48.5 Å². The van der Waals surface area contributed by atoms with Gasteiger partial charge in [-0.25, -0.2) is 0 Å². The topological polar surface area (TPSA) is 82.0 Å². The van der Waals surface area contributed by atoms with Gasteiger partial charge in [-0.15, -0.1) is 0 Å². The Hall–Kier alpha value is -3.42. The number of hydrogen-bond acceptors (Lipinski definition) is 5. The molecule has 6 nitrogen and oxygen atoms in total. The standard InChI is InChI=1S/C23H15ClN4O2S/c24-16-8-6-15(7-9-16)19-11-10-17(30-19)13-18-21(25)28-23(26-22(18)29)31-20(27-28)12-14-4-2-1-3-5-14/h1-11,13,25H,12H2/b18-13-,25-21?. The molecule has 0 unspecified atom stereocenters. The lowest BCUT2D eigenvalue weighted by Gasteiger charge is -2.19. The molecule has 8 heteroatoms. The molecule has 2 aromatic carbocycles. The van der Waals surface area contributed by atoms with Gasteiger partial charge in [-0.2, -0.15) is 15.1 Å². The summed E-state index contributed by atoms with van der Waals surface area (Å²) in [5.41, 5.74) is 2.10. The summed E-state index contributed by atoms with van der Waals surface area (Å²) < 4.78 is 5.84. The van der Waals surface area contributed by atoms with Gasteiger partial charge in [0.15, 0.2) is 5.84 Å². The molecule has 152 valence electrons. The number of carbonyl (C=O) groups is 1. The van der Waals surface area contributed by atoms with E-state index in [1.54, 1.807) is 18.2 Å². The van der Waals surface area contributed by atoms with Gasteiger partial charge < -0.3 is 4.42 Å². The predicted octanol–water partition coefficient (Wildman–Crippen LogP) is 5.46. The molecule has 2 aliphatic heterocycles. The summed E-state index contributed by atoms with van der Waals surface area (Å²) in [7, 11) is 0. The van der Waals surface area contributed by atoms with Crippen molar-refractivity contribution in [2.45, 2.75) is 6.42 Å². The lowest BCUT2D eigenvalue weighted by molar-refractivity contribution is -0.114. The fourth-order valence-electron chi connectivity index (χ4n) is 3.22. The van der Waals surface area contributed by atoms with E-state index in [2.05, 4.69) is 10.1 Å². The number of fused-ring (bicyclic) bond motifs is 1. The van der Waals surface area contributed by atoms with Crippen LogP contribution in [0, 0.1) is 5.41 Å². The van der Waals surface area contributed by atoms with Gasteiger partial charge in [-0.05, 0) is 59.8 Å². The molecule has 0 atom stereocenters. The van der Waals surface area contributed by atoms with Crippen LogP contribution in [0.2, 0.25) is 5.02 Å². The van der Waals surface area contributed by atoms with Crippen LogP contribution >= 0.6 is 23.4 Å². The monoisotopic (exact) mass is 446 g/mol. The number of amidine groups is 2. The van der Waals surface area contributed by atoms with E-state index in [4.69, 9.17) is 21.4 Å². The van der Waals surface area contributed by atoms with Crippen LogP contribution in [0.5, 0.6) is 0 Å². The van der Waals surface area contributed by atoms with Crippen LogP contribution in [-0.4, -0.2) is 27.0 Å². The molecule has 2 aliphatic rings. The highest BCUT2D eigenvalue weighted by Gasteiger charge is 2.35. The maximum absolute atomic E-state index is 12.6. The zero-order chi connectivity index (χ0) is 21.4. The fraction of sp³-hybridized carbons (Fsp3) is 0.0435. The average molecular weight is 447 g/mol. The molecule has 0 aliphatic carbocycles. The molecule has 0 fully saturated rings. The Balaban J connectivity index is 1.39. The first kappa shape index (κ1) is 19.5. The largest absolute Gasteiger partial charge is 0.457 e. The molecule has 1 aromatic heterocycles. The van der Waals surface area contributed by atoms with Crippen LogP contribution in [0.15, 0.2) is 86.8 Å². The quantitative estimate of drug-likeness (QED) is 0.539. The third-order valence-electron chi connectivity index (χ3n) is 4.74. The Morgan fingerprint density at radius 3 is 2.61 bits per heavy atom. The van der Waals surface area contributed by atoms with E-state index in [9.17, 15) is 4.79 Å². The summed E-state index contributed by atoms with van der Waals surface area (Å²) in [5.74, 6) is 0.596. The van der Waals surface area contributed by atoms with E-state index in [-0.39, 0.29) is 11.4 Å². The van der Waals surface area contributed by atoms with Gasteiger partial charge in [0.1, 0.15) is 16.6 Å². The van der Waals surface area contributed by atoms with Crippen LogP contribution < -0.4 is 0 Å². The van der Waals surface area contributed by atoms with Crippen LogP contribution in [-0.2, 0) is 11.2 Å². The molecule has 3 aromatic rings. The maximum Gasteiger partial charge on any atom is 0.283 e. The number of nitrogens with one attached hydrogen (secondary N) is 1. The number of hydrazone groups is 1. The number of carbonyl (C=O) groups excluding carboxylic acids is 1. The molecule has 3 heterocycles. The van der Waals surface area contributed by atoms with Gasteiger partial charge >= 0.3 is 0 Å². The Kier molecular flexibility index (Phi) is 5.05. The third kappa shape index (κ3) is 3.97. The number of furan rings is 1. The van der Waals surface area contributed by atoms with Crippen LogP contribution in [0.3, 0.4) is 0 Å². The lowest BCUT2D eigenvalue weighted by atomic mass is 10.1. The van der Waals surface area contributed by atoms with Gasteiger partial charge in [-0.1, -0.05) is 41.9 Å². The molecule has 0 spiro atoms. The van der Waals surface area contributed by atoms with Crippen molar-refractivity contribution in [3.63, 3.8) is 0 Å². The van der Waals surface area contributed by atoms with E-state index < -0.39 is 5.91 Å². The van der Waals surface area contributed by atoms with Crippen molar-refractivity contribution in [2.24, 2.45) is 10.1 Å². The van der Waals surface area contributed by atoms with Crippen molar-refractivity contribution >= 4 is 51.4 Å². The smallest absolute Gasteiger partial charge is 0.283 e. The Morgan fingerprint density at radius 1 is 1.06 bits per heavy atom. The average Bonchev–Trinajstić information content (AvgIpc) is 3.39. The molecule has 1 amide bonds. The van der Waals surface area contributed by atoms with Gasteiger partial charge in [0.25, 0.3) is 5.91 Å². The number of amides is 1. The Bertz CT molecular complexity index is 1280. The van der Waals surface area contributed by atoms with Gasteiger partial charge in [0, 0.05) is 17.0 Å². The van der Waals surface area contributed by atoms with Crippen molar-refractivity contribution in [2.75, 3.05) is 0 Å². The Morgan fingerprint density at radius 2 is 1.84 bits per heavy atom. The summed E-state index contributed by atoms with van der Waals surface area (Å²) in [5, 5.41) is 16.2. The summed E-state index contributed by atoms with van der Waals surface area (Å²) in [4.78, 5) is 16.7. The van der Waals surface area contributed by atoms with E-state index in [1.165, 1.54) is 22.8 Å². The number of benzene rings is 2. The number of rotatable bonds is 4. The number of hydrogen-bond donors (Lipinski definition) is 1. The number of aliphatic imine (C=N–C) groups is 1. The van der Waals surface area contributed by atoms with Gasteiger partial charge in [-0.3, -0.25) is 10.2 Å². The summed E-state index contributed by atoms with van der Waals surface area (Å²) in [6.45, 7) is 0. The predicted molar refractivity (Wildman–Crippen MR) is 124 cm³/mol. The SMILES string of the molecule is N=C1/C(=C/c2ccc(-c3ccc(Cl)cc3)o2)C(=O)N=C2SC(Cc3ccccc3)=NN12. The van der Waals surface area contributed by atoms with Crippen LogP contribution in [0.25, 0.3) is 17.4 Å². The molecule has 0 radical (unpaired) electrons. The highest BCUT2D eigenvalue weighted by molar-refractivity contribution is 8.26. The van der Waals surface area contributed by atoms with Gasteiger partial charge in [0.2, 0.25) is 5.17 Å². The first-order chi connectivity index (χ1) is 15.1. The van der Waals surface area contributed by atoms with Crippen molar-refractivity contribution in [1.82, 2.24) is 5.01 Å². The second-order valence-electron chi connectivity index (χ2n) is 6.89. The first-order valence-electron chi connectivity index (χ1n) is 9.45. The van der Waals surface area contributed by atoms with E-state index in [0.717, 1.165) is 16.2 Å². The summed E-state index contributed by atoms with van der Waals surface area (Å²) >= 11 is 7.25. The van der Waals surface area contributed by atoms with E-state index >= 15 is 0 Å². The van der Waals surface area contributed by atoms with Gasteiger partial charge in [0.05, 0.1) is 5.57 Å². The van der Waals surface area contributed by atoms with Crippen molar-refractivity contribution < 1.29 is 9.21 Å². The molecule has 5 rings (SSSR count). The molecule has 31 heavy (non-hydrogen) atoms. The highest BCUT2D eigenvalue weighted by Crippen LogP contribution is 2.30. The van der Waals surface area contributed by atoms with Crippen LogP contribution in [0.4, 0.5) is 0 Å². The molecular weight excluding hydrogens is 432 g/mol. The fourth-order valence-corrected chi connectivity index (χ4v) is 4.26. The second kappa shape index (κ2) is 8.02. The number of thioether (sulfide) groups is 1. The molecule has 1 N–H and O–H groups in total. The zero-order valence-corrected chi connectivity index (χ0v) is 17.7. The molecule has 0 bridgehead atoms. The van der Waals surface area contributed by atoms with Crippen molar-refractivity contribution in [3.05, 3.63) is 88.6 Å². The number of halogens is 1. The minimum atomic E-state index is -0.482. The van der Waals surface area contributed by atoms with Crippen LogP contribution in [0.1, 0.15) is 11.3 Å². The van der Waals surface area contributed by atoms with Crippen molar-refractivity contribution in [1.29, 1.82) is 5.41 Å². The van der Waals surface area contributed by atoms with E-state index in [0.29, 0.717) is 28.1 Å². The zero-order valence-electron chi connectivity index (χ0n) is 16.1. The number of nitrogens with zero attached hydrogens (tertiary/aromatic N) is 3. The third-order valence-corrected chi connectivity index (χ3v) is 5.90. The normalized spacial score (nSPS) is 17.1. The summed E-state index contributed by atoms with van der Waals surface area (Å²) in [6.07, 6.45) is 2.14. The first-order valence-corrected chi connectivity index (χ1v) is 10.6. The highest BCUT2D eigenvalue weighted by atomic mass is 35.5. The molecular formula is C23H15ClN4O2S. The Labute approximate surface area is 187 Å². The molecule has 0 saturated carbocycles. The second-order valence-corrected chi connectivity index (χ2v) is 8.36. The summed E-state index contributed by atoms with van der Waals surface area (Å²) in [6, 6.07) is 20.7. The lowest BCUT2D eigenvalue weighted by Crippen LogP contribution is -2.35. The maximum atomic E-state index is 12.6. The minimum absolute atomic E-state index is 0.0185.